The lowest BCUT2D eigenvalue weighted by Crippen LogP contribution is -2.28. The van der Waals surface area contributed by atoms with Gasteiger partial charge in [-0.05, 0) is 18.8 Å². The standard InChI is InChI=1S/C10H17NO3/c1-8(2)5-6-10(13)14-11-7-3-4-9(11)12/h8H,3-7H2,1-2H3. The van der Waals surface area contributed by atoms with Crippen molar-refractivity contribution in [1.82, 2.24) is 5.06 Å². The number of rotatable bonds is 4. The van der Waals surface area contributed by atoms with E-state index >= 15 is 0 Å². The van der Waals surface area contributed by atoms with Crippen molar-refractivity contribution in [1.29, 1.82) is 0 Å². The fraction of sp³-hybridized carbons (Fsp3) is 0.800. The van der Waals surface area contributed by atoms with E-state index < -0.39 is 0 Å². The summed E-state index contributed by atoms with van der Waals surface area (Å²) in [6.07, 6.45) is 2.48. The molecule has 1 rings (SSSR count). The molecule has 4 heteroatoms. The third-order valence-electron chi connectivity index (χ3n) is 2.17. The van der Waals surface area contributed by atoms with E-state index in [1.54, 1.807) is 0 Å². The van der Waals surface area contributed by atoms with E-state index in [9.17, 15) is 9.59 Å². The maximum absolute atomic E-state index is 11.2. The number of hydrogen-bond acceptors (Lipinski definition) is 3. The minimum absolute atomic E-state index is 0.0807. The highest BCUT2D eigenvalue weighted by Gasteiger charge is 2.23. The minimum Gasteiger partial charge on any atom is -0.338 e. The van der Waals surface area contributed by atoms with Crippen LogP contribution in [0.25, 0.3) is 0 Å². The summed E-state index contributed by atoms with van der Waals surface area (Å²) in [5.74, 6) is 0.105. The molecule has 0 aromatic rings. The molecular weight excluding hydrogens is 182 g/mol. The van der Waals surface area contributed by atoms with Gasteiger partial charge >= 0.3 is 5.97 Å². The van der Waals surface area contributed by atoms with Crippen LogP contribution in [-0.2, 0) is 14.4 Å². The molecule has 0 unspecified atom stereocenters. The molecule has 0 bridgehead atoms. The molecule has 80 valence electrons. The Morgan fingerprint density at radius 2 is 2.29 bits per heavy atom. The van der Waals surface area contributed by atoms with E-state index in [2.05, 4.69) is 0 Å². The summed E-state index contributed by atoms with van der Waals surface area (Å²) in [5.41, 5.74) is 0. The molecule has 0 aliphatic carbocycles. The number of hydrogen-bond donors (Lipinski definition) is 0. The lowest BCUT2D eigenvalue weighted by molar-refractivity contribution is -0.193. The van der Waals surface area contributed by atoms with E-state index in [-0.39, 0.29) is 11.9 Å². The Kier molecular flexibility index (Phi) is 3.92. The van der Waals surface area contributed by atoms with Crippen LogP contribution >= 0.6 is 0 Å². The van der Waals surface area contributed by atoms with Crippen molar-refractivity contribution < 1.29 is 14.4 Å². The number of nitrogens with zero attached hydrogens (tertiary/aromatic N) is 1. The summed E-state index contributed by atoms with van der Waals surface area (Å²) >= 11 is 0. The fourth-order valence-electron chi connectivity index (χ4n) is 1.29. The monoisotopic (exact) mass is 199 g/mol. The minimum atomic E-state index is -0.297. The van der Waals surface area contributed by atoms with Gasteiger partial charge in [-0.15, -0.1) is 0 Å². The van der Waals surface area contributed by atoms with Crippen LogP contribution in [0, 0.1) is 5.92 Å². The Morgan fingerprint density at radius 1 is 1.57 bits per heavy atom. The highest BCUT2D eigenvalue weighted by Crippen LogP contribution is 2.12. The molecule has 1 amide bonds. The van der Waals surface area contributed by atoms with Gasteiger partial charge in [0.25, 0.3) is 5.91 Å². The van der Waals surface area contributed by atoms with Gasteiger partial charge in [-0.3, -0.25) is 4.79 Å². The highest BCUT2D eigenvalue weighted by molar-refractivity contribution is 5.79. The Balaban J connectivity index is 2.23. The first-order valence-electron chi connectivity index (χ1n) is 5.10. The van der Waals surface area contributed by atoms with Gasteiger partial charge in [0, 0.05) is 12.8 Å². The van der Waals surface area contributed by atoms with Crippen LogP contribution in [0.5, 0.6) is 0 Å². The predicted octanol–water partition coefficient (Wildman–Crippen LogP) is 1.50. The number of hydroxylamine groups is 2. The molecule has 0 spiro atoms. The zero-order valence-corrected chi connectivity index (χ0v) is 8.78. The van der Waals surface area contributed by atoms with Gasteiger partial charge in [0.05, 0.1) is 6.54 Å². The van der Waals surface area contributed by atoms with Gasteiger partial charge in [0.2, 0.25) is 0 Å². The molecule has 1 heterocycles. The first kappa shape index (κ1) is 11.0. The summed E-state index contributed by atoms with van der Waals surface area (Å²) in [5, 5.41) is 1.18. The first-order valence-corrected chi connectivity index (χ1v) is 5.10. The molecule has 4 nitrogen and oxygen atoms in total. The molecule has 1 fully saturated rings. The Morgan fingerprint density at radius 3 is 2.79 bits per heavy atom. The second-order valence-corrected chi connectivity index (χ2v) is 4.00. The quantitative estimate of drug-likeness (QED) is 0.689. The van der Waals surface area contributed by atoms with E-state index in [1.165, 1.54) is 5.06 Å². The molecule has 0 N–H and O–H groups in total. The molecule has 0 radical (unpaired) electrons. The summed E-state index contributed by atoms with van der Waals surface area (Å²) in [7, 11) is 0. The van der Waals surface area contributed by atoms with Crippen molar-refractivity contribution in [3.8, 4) is 0 Å². The normalized spacial score (nSPS) is 16.5. The molecule has 0 aromatic carbocycles. The molecular formula is C10H17NO3. The topological polar surface area (TPSA) is 46.6 Å². The maximum atomic E-state index is 11.2. The van der Waals surface area contributed by atoms with Gasteiger partial charge in [-0.25, -0.2) is 4.79 Å². The summed E-state index contributed by atoms with van der Waals surface area (Å²) in [6, 6.07) is 0. The largest absolute Gasteiger partial charge is 0.338 e. The highest BCUT2D eigenvalue weighted by atomic mass is 16.7. The van der Waals surface area contributed by atoms with Crippen LogP contribution < -0.4 is 0 Å². The van der Waals surface area contributed by atoms with E-state index in [0.29, 0.717) is 25.3 Å². The van der Waals surface area contributed by atoms with E-state index in [4.69, 9.17) is 4.84 Å². The second-order valence-electron chi connectivity index (χ2n) is 4.00. The van der Waals surface area contributed by atoms with Crippen LogP contribution in [0.2, 0.25) is 0 Å². The molecule has 0 saturated carbocycles. The third kappa shape index (κ3) is 3.36. The van der Waals surface area contributed by atoms with Gasteiger partial charge < -0.3 is 4.84 Å². The first-order chi connectivity index (χ1) is 6.59. The maximum Gasteiger partial charge on any atom is 0.332 e. The van der Waals surface area contributed by atoms with Crippen LogP contribution in [-0.4, -0.2) is 23.5 Å². The smallest absolute Gasteiger partial charge is 0.332 e. The van der Waals surface area contributed by atoms with Crippen LogP contribution in [0.1, 0.15) is 39.5 Å². The Labute approximate surface area is 84.2 Å². The molecule has 1 aliphatic rings. The summed E-state index contributed by atoms with van der Waals surface area (Å²) in [6.45, 7) is 4.65. The average molecular weight is 199 g/mol. The summed E-state index contributed by atoms with van der Waals surface area (Å²) < 4.78 is 0. The van der Waals surface area contributed by atoms with Crippen LogP contribution in [0.3, 0.4) is 0 Å². The van der Waals surface area contributed by atoms with Gasteiger partial charge in [0.1, 0.15) is 0 Å². The number of carbonyl (C=O) groups is 2. The number of amides is 1. The molecule has 0 aromatic heterocycles. The lowest BCUT2D eigenvalue weighted by Gasteiger charge is -2.14. The average Bonchev–Trinajstić information content (AvgIpc) is 2.49. The lowest BCUT2D eigenvalue weighted by atomic mass is 10.1. The third-order valence-corrected chi connectivity index (χ3v) is 2.17. The van der Waals surface area contributed by atoms with Gasteiger partial charge in [-0.2, -0.15) is 5.06 Å². The zero-order chi connectivity index (χ0) is 10.6. The predicted molar refractivity (Wildman–Crippen MR) is 51.1 cm³/mol. The van der Waals surface area contributed by atoms with Crippen molar-refractivity contribution in [2.24, 2.45) is 5.92 Å². The fourth-order valence-corrected chi connectivity index (χ4v) is 1.29. The van der Waals surface area contributed by atoms with Crippen molar-refractivity contribution in [2.75, 3.05) is 6.54 Å². The Hall–Kier alpha value is -1.06. The van der Waals surface area contributed by atoms with Crippen molar-refractivity contribution >= 4 is 11.9 Å². The molecule has 14 heavy (non-hydrogen) atoms. The van der Waals surface area contributed by atoms with Crippen molar-refractivity contribution in [3.05, 3.63) is 0 Å². The van der Waals surface area contributed by atoms with E-state index in [0.717, 1.165) is 12.8 Å². The molecule has 1 saturated heterocycles. The van der Waals surface area contributed by atoms with E-state index in [1.807, 2.05) is 13.8 Å². The SMILES string of the molecule is CC(C)CCC(=O)ON1CCCC1=O. The van der Waals surface area contributed by atoms with Gasteiger partial charge in [-0.1, -0.05) is 13.8 Å². The van der Waals surface area contributed by atoms with Crippen molar-refractivity contribution in [2.45, 2.75) is 39.5 Å². The molecule has 0 atom stereocenters. The van der Waals surface area contributed by atoms with Crippen LogP contribution in [0.15, 0.2) is 0 Å². The second kappa shape index (κ2) is 4.98. The van der Waals surface area contributed by atoms with Gasteiger partial charge in [0.15, 0.2) is 0 Å². The number of carbonyl (C=O) groups excluding carboxylic acids is 2. The summed E-state index contributed by atoms with van der Waals surface area (Å²) in [4.78, 5) is 27.2. The van der Waals surface area contributed by atoms with Crippen LogP contribution in [0.4, 0.5) is 0 Å². The Bertz CT molecular complexity index is 225. The molecule has 1 aliphatic heterocycles. The zero-order valence-electron chi connectivity index (χ0n) is 8.78. The van der Waals surface area contributed by atoms with Crippen molar-refractivity contribution in [3.63, 3.8) is 0 Å².